The number of nitrogens with one attached hydrogen (secondary N) is 1. The van der Waals surface area contributed by atoms with Gasteiger partial charge >= 0.3 is 0 Å². The molecule has 108 valence electrons. The Balaban J connectivity index is 1.63. The number of benzene rings is 1. The third-order valence-corrected chi connectivity index (χ3v) is 4.42. The molecular formula is C16H23N3S. The molecule has 1 heterocycles. The van der Waals surface area contributed by atoms with Crippen molar-refractivity contribution in [2.45, 2.75) is 38.8 Å². The van der Waals surface area contributed by atoms with Crippen molar-refractivity contribution in [2.75, 3.05) is 6.54 Å². The molecule has 1 atom stereocenters. The minimum absolute atomic E-state index is 0.195. The number of hydrogen-bond donors (Lipinski definition) is 2. The van der Waals surface area contributed by atoms with E-state index in [1.807, 2.05) is 12.3 Å². The summed E-state index contributed by atoms with van der Waals surface area (Å²) in [6.45, 7) is 3.82. The first-order valence-electron chi connectivity index (χ1n) is 7.21. The molecule has 0 amide bonds. The lowest BCUT2D eigenvalue weighted by molar-refractivity contribution is 0.543. The normalized spacial score (nSPS) is 12.5. The Hall–Kier alpha value is -1.23. The van der Waals surface area contributed by atoms with Crippen LogP contribution in [0.2, 0.25) is 0 Å². The second kappa shape index (κ2) is 8.15. The van der Waals surface area contributed by atoms with Crippen molar-refractivity contribution in [3.63, 3.8) is 0 Å². The van der Waals surface area contributed by atoms with Crippen LogP contribution in [0.3, 0.4) is 0 Å². The molecule has 2 aromatic rings. The summed E-state index contributed by atoms with van der Waals surface area (Å²) < 4.78 is 0. The second-order valence-electron chi connectivity index (χ2n) is 4.99. The van der Waals surface area contributed by atoms with E-state index >= 15 is 0 Å². The van der Waals surface area contributed by atoms with E-state index in [0.717, 1.165) is 37.4 Å². The lowest BCUT2D eigenvalue weighted by atomic mass is 10.1. The number of aromatic nitrogens is 1. The minimum Gasteiger partial charge on any atom is -0.327 e. The summed E-state index contributed by atoms with van der Waals surface area (Å²) in [6, 6.07) is 10.7. The average molecular weight is 289 g/mol. The van der Waals surface area contributed by atoms with Gasteiger partial charge in [-0.25, -0.2) is 4.98 Å². The quantitative estimate of drug-likeness (QED) is 0.785. The van der Waals surface area contributed by atoms with E-state index in [4.69, 9.17) is 5.73 Å². The van der Waals surface area contributed by atoms with E-state index in [9.17, 15) is 0 Å². The van der Waals surface area contributed by atoms with Gasteiger partial charge in [-0.15, -0.1) is 11.3 Å². The lowest BCUT2D eigenvalue weighted by Gasteiger charge is -2.12. The first-order valence-corrected chi connectivity index (χ1v) is 8.03. The van der Waals surface area contributed by atoms with E-state index in [1.165, 1.54) is 10.4 Å². The maximum atomic E-state index is 6.14. The number of thiazole rings is 1. The van der Waals surface area contributed by atoms with Gasteiger partial charge in [0.15, 0.2) is 0 Å². The predicted molar refractivity (Wildman–Crippen MR) is 85.9 cm³/mol. The number of hydrogen-bond acceptors (Lipinski definition) is 4. The zero-order valence-electron chi connectivity index (χ0n) is 12.0. The Morgan fingerprint density at radius 1 is 1.30 bits per heavy atom. The van der Waals surface area contributed by atoms with E-state index in [2.05, 4.69) is 41.5 Å². The third-order valence-electron chi connectivity index (χ3n) is 3.28. The van der Waals surface area contributed by atoms with Gasteiger partial charge in [0.1, 0.15) is 5.01 Å². The molecule has 0 spiro atoms. The molecular weight excluding hydrogens is 266 g/mol. The van der Waals surface area contributed by atoms with Crippen molar-refractivity contribution in [3.05, 3.63) is 52.0 Å². The molecule has 0 fully saturated rings. The maximum absolute atomic E-state index is 6.14. The smallest absolute Gasteiger partial charge is 0.107 e. The zero-order valence-corrected chi connectivity index (χ0v) is 12.8. The largest absolute Gasteiger partial charge is 0.327 e. The minimum atomic E-state index is 0.195. The molecule has 0 bridgehead atoms. The third kappa shape index (κ3) is 5.04. The summed E-state index contributed by atoms with van der Waals surface area (Å²) in [7, 11) is 0. The molecule has 1 aromatic heterocycles. The van der Waals surface area contributed by atoms with Gasteiger partial charge in [0.05, 0.1) is 0 Å². The highest BCUT2D eigenvalue weighted by Crippen LogP contribution is 2.12. The van der Waals surface area contributed by atoms with E-state index in [-0.39, 0.29) is 6.04 Å². The fourth-order valence-corrected chi connectivity index (χ4v) is 2.89. The molecule has 4 heteroatoms. The maximum Gasteiger partial charge on any atom is 0.107 e. The van der Waals surface area contributed by atoms with Gasteiger partial charge in [0.2, 0.25) is 0 Å². The van der Waals surface area contributed by atoms with Crippen LogP contribution in [-0.2, 0) is 19.4 Å². The number of aryl methyl sites for hydroxylation is 2. The summed E-state index contributed by atoms with van der Waals surface area (Å²) in [5.74, 6) is 0. The fourth-order valence-electron chi connectivity index (χ4n) is 2.06. The fraction of sp³-hybridized carbons (Fsp3) is 0.438. The molecule has 0 saturated heterocycles. The summed E-state index contributed by atoms with van der Waals surface area (Å²) in [5.41, 5.74) is 7.49. The topological polar surface area (TPSA) is 50.9 Å². The standard InChI is InChI=1S/C16H23N3S/c1-2-15-11-19-16(20-15)12-18-10-14(17)9-8-13-6-4-3-5-7-13/h3-7,11,14,18H,2,8-10,12,17H2,1H3. The molecule has 3 nitrogen and oxygen atoms in total. The van der Waals surface area contributed by atoms with E-state index < -0.39 is 0 Å². The summed E-state index contributed by atoms with van der Waals surface area (Å²) >= 11 is 1.78. The summed E-state index contributed by atoms with van der Waals surface area (Å²) in [5, 5.41) is 4.55. The number of rotatable bonds is 8. The van der Waals surface area contributed by atoms with Crippen molar-refractivity contribution in [1.29, 1.82) is 0 Å². The van der Waals surface area contributed by atoms with Crippen LogP contribution in [-0.4, -0.2) is 17.6 Å². The molecule has 0 saturated carbocycles. The van der Waals surface area contributed by atoms with Gasteiger partial charge < -0.3 is 11.1 Å². The van der Waals surface area contributed by atoms with Gasteiger partial charge in [-0.2, -0.15) is 0 Å². The Bertz CT molecular complexity index is 495. The van der Waals surface area contributed by atoms with E-state index in [0.29, 0.717) is 0 Å². The highest BCUT2D eigenvalue weighted by Gasteiger charge is 2.04. The molecule has 0 aliphatic carbocycles. The predicted octanol–water partition coefficient (Wildman–Crippen LogP) is 2.76. The second-order valence-corrected chi connectivity index (χ2v) is 6.19. The zero-order chi connectivity index (χ0) is 14.2. The summed E-state index contributed by atoms with van der Waals surface area (Å²) in [4.78, 5) is 5.74. The Morgan fingerprint density at radius 3 is 2.80 bits per heavy atom. The Kier molecular flexibility index (Phi) is 6.18. The molecule has 20 heavy (non-hydrogen) atoms. The molecule has 1 aromatic carbocycles. The highest BCUT2D eigenvalue weighted by molar-refractivity contribution is 7.11. The molecule has 1 unspecified atom stereocenters. The van der Waals surface area contributed by atoms with Crippen LogP contribution in [0.4, 0.5) is 0 Å². The van der Waals surface area contributed by atoms with Gasteiger partial charge in [0, 0.05) is 30.2 Å². The van der Waals surface area contributed by atoms with Crippen LogP contribution in [0.1, 0.15) is 28.8 Å². The average Bonchev–Trinajstić information content (AvgIpc) is 2.94. The van der Waals surface area contributed by atoms with Crippen LogP contribution in [0.5, 0.6) is 0 Å². The van der Waals surface area contributed by atoms with E-state index in [1.54, 1.807) is 11.3 Å². The molecule has 2 rings (SSSR count). The van der Waals surface area contributed by atoms with Gasteiger partial charge in [-0.05, 0) is 24.8 Å². The van der Waals surface area contributed by atoms with Crippen molar-refractivity contribution in [3.8, 4) is 0 Å². The van der Waals surface area contributed by atoms with Gasteiger partial charge in [-0.3, -0.25) is 0 Å². The molecule has 0 aliphatic heterocycles. The van der Waals surface area contributed by atoms with Crippen LogP contribution < -0.4 is 11.1 Å². The van der Waals surface area contributed by atoms with Crippen LogP contribution >= 0.6 is 11.3 Å². The van der Waals surface area contributed by atoms with Crippen molar-refractivity contribution < 1.29 is 0 Å². The van der Waals surface area contributed by atoms with Gasteiger partial charge in [0.25, 0.3) is 0 Å². The first kappa shape index (κ1) is 15.2. The first-order chi connectivity index (χ1) is 9.78. The Labute approximate surface area is 125 Å². The van der Waals surface area contributed by atoms with Crippen LogP contribution in [0, 0.1) is 0 Å². The monoisotopic (exact) mass is 289 g/mol. The Morgan fingerprint density at radius 2 is 2.10 bits per heavy atom. The highest BCUT2D eigenvalue weighted by atomic mass is 32.1. The molecule has 0 aliphatic rings. The van der Waals surface area contributed by atoms with Crippen LogP contribution in [0.15, 0.2) is 36.5 Å². The number of nitrogens with zero attached hydrogens (tertiary/aromatic N) is 1. The lowest BCUT2D eigenvalue weighted by Crippen LogP contribution is -2.33. The van der Waals surface area contributed by atoms with Crippen molar-refractivity contribution >= 4 is 11.3 Å². The van der Waals surface area contributed by atoms with Gasteiger partial charge in [-0.1, -0.05) is 37.3 Å². The molecule has 0 radical (unpaired) electrons. The SMILES string of the molecule is CCc1cnc(CNCC(N)CCc2ccccc2)s1. The number of nitrogens with two attached hydrogens (primary N) is 1. The molecule has 3 N–H and O–H groups in total. The van der Waals surface area contributed by atoms with Crippen LogP contribution in [0.25, 0.3) is 0 Å². The summed E-state index contributed by atoms with van der Waals surface area (Å²) in [6.07, 6.45) is 5.08. The van der Waals surface area contributed by atoms with Crippen molar-refractivity contribution in [2.24, 2.45) is 5.73 Å². The van der Waals surface area contributed by atoms with Crippen molar-refractivity contribution in [1.82, 2.24) is 10.3 Å².